The molecule has 1 aromatic carbocycles. The lowest BCUT2D eigenvalue weighted by Gasteiger charge is -2.40. The van der Waals surface area contributed by atoms with Crippen molar-refractivity contribution < 1.29 is 67.3 Å². The molecule has 3 heterocycles. The third-order valence-corrected chi connectivity index (χ3v) is 20.5. The van der Waals surface area contributed by atoms with E-state index < -0.39 is 161 Å². The summed E-state index contributed by atoms with van der Waals surface area (Å²) in [5, 5.41) is 26.4. The number of benzene rings is 1. The number of aromatic nitrogens is 2. The quantitative estimate of drug-likeness (QED) is 0.0792. The fourth-order valence-corrected chi connectivity index (χ4v) is 13.8. The molecule has 14 atom stereocenters. The van der Waals surface area contributed by atoms with Gasteiger partial charge in [-0.25, -0.2) is 4.98 Å². The van der Waals surface area contributed by atoms with Crippen molar-refractivity contribution >= 4 is 76.0 Å². The number of nitrogens with one attached hydrogen (secondary N) is 5. The fraction of sp³-hybridized carbons (Fsp3) is 0.763. The molecule has 4 rings (SSSR count). The fourth-order valence-electron chi connectivity index (χ4n) is 13.8. The highest BCUT2D eigenvalue weighted by Crippen LogP contribution is 2.26. The number of imidazole rings is 1. The average molecular weight is 1460 g/mol. The van der Waals surface area contributed by atoms with Crippen LogP contribution in [0.2, 0.25) is 0 Å². The summed E-state index contributed by atoms with van der Waals surface area (Å²) in [6.07, 6.45) is 3.61. The van der Waals surface area contributed by atoms with Crippen LogP contribution < -0.4 is 26.6 Å². The number of carbonyl (C=O) groups excluding carboxylic acids is 11. The third-order valence-electron chi connectivity index (χ3n) is 20.5. The highest BCUT2D eigenvalue weighted by molar-refractivity contribution is 6.00. The molecule has 0 unspecified atom stereocenters. The number of aryl methyl sites for hydroxylation is 1. The number of morpholine rings is 1. The number of fused-ring (bicyclic) bond motifs is 1. The third kappa shape index (κ3) is 24.9. The van der Waals surface area contributed by atoms with E-state index in [-0.39, 0.29) is 50.0 Å². The van der Waals surface area contributed by atoms with Crippen LogP contribution in [0.1, 0.15) is 175 Å². The zero-order chi connectivity index (χ0) is 78.3. The number of hydrogen-bond acceptors (Lipinski definition) is 16. The first kappa shape index (κ1) is 89.1. The first-order valence-corrected chi connectivity index (χ1v) is 37.9. The molecule has 2 aliphatic heterocycles. The van der Waals surface area contributed by atoms with E-state index in [4.69, 9.17) is 9.47 Å². The van der Waals surface area contributed by atoms with Gasteiger partial charge in [0.25, 0.3) is 0 Å². The number of carbonyl (C=O) groups is 11. The van der Waals surface area contributed by atoms with E-state index in [0.717, 1.165) is 54.8 Å². The first-order valence-electron chi connectivity index (χ1n) is 37.9. The summed E-state index contributed by atoms with van der Waals surface area (Å²) in [4.78, 5) is 178. The molecule has 28 heteroatoms. The summed E-state index contributed by atoms with van der Waals surface area (Å²) in [6, 6.07) is -6.51. The Hall–Kier alpha value is -7.30. The standard InChI is InChI=1S/C76H130N14O14/c1-23-55-73(99)83(17)53(15)72(98)88(22)64(54(16)104-38-30-29-34-89-36-39-103-40-37-89)70(96)81-61(48(8)9)76(102)84(18)58(41-45(2)3)67(93)78-51(13)66(92)79-52(14)71(97)85(19)59(42-46(4)5)74(100)86(20)60(43-47(6)7)75(101)87(21)63(49(10)11)69(95)82-62(68(94)80-55)65(91)50(12)31-25-24-28-35-90-44-77-56-32-26-27-33-57(56)90/h26-27,32-33,44-55,58-65,91H,23-25,28-31,34-43H2,1-22H3,(H,78,93)(H,79,92)(H,80,94)(H,81,96)(H,82,95)/t50-,51+,52-,53-,54-,55+,58+,59+,60+,61+,62+,63+,64+,65-/m1/s1. The van der Waals surface area contributed by atoms with Gasteiger partial charge in [0, 0.05) is 68.5 Å². The van der Waals surface area contributed by atoms with Crippen LogP contribution in [0.15, 0.2) is 30.6 Å². The van der Waals surface area contributed by atoms with E-state index in [9.17, 15) is 29.1 Å². The van der Waals surface area contributed by atoms with E-state index in [1.807, 2.05) is 65.8 Å². The Balaban J connectivity index is 1.86. The highest BCUT2D eigenvalue weighted by atomic mass is 16.5. The number of nitrogens with zero attached hydrogens (tertiary/aromatic N) is 9. The Bertz CT molecular complexity index is 3160. The van der Waals surface area contributed by atoms with Crippen LogP contribution in [0.5, 0.6) is 0 Å². The SMILES string of the molecule is CC[C@@H]1NC(=O)[C@H]([C@H](O)[C@H](C)CCCCCn2cnc3ccccc32)NC(=O)[C@H](C(C)C)N(C)C(=O)[C@H](CC(C)C)N(C)C(=O)[C@H](CC(C)C)N(C)C(=O)[C@@H](C)NC(=O)[C@H](C)NC(=O)[C@H](CC(C)C)N(C)C(=O)[C@H](C(C)C)NC(=O)[C@H]([C@@H](C)OCCCCN2CCOCC2)N(C)C(=O)[C@@H](C)N(C)C1=O. The number of likely N-dealkylation sites (N-methyl/N-ethyl adjacent to an activating group) is 6. The van der Waals surface area contributed by atoms with Crippen LogP contribution >= 0.6 is 0 Å². The molecule has 2 fully saturated rings. The monoisotopic (exact) mass is 1460 g/mol. The molecule has 11 amide bonds. The Morgan fingerprint density at radius 3 is 1.61 bits per heavy atom. The Morgan fingerprint density at radius 2 is 1.03 bits per heavy atom. The lowest BCUT2D eigenvalue weighted by molar-refractivity contribution is -0.154. The predicted molar refractivity (Wildman–Crippen MR) is 400 cm³/mol. The summed E-state index contributed by atoms with van der Waals surface area (Å²) in [6.45, 7) is 32.1. The molecule has 0 bridgehead atoms. The minimum atomic E-state index is -1.70. The minimum absolute atomic E-state index is 0.0191. The van der Waals surface area contributed by atoms with Crippen molar-refractivity contribution in [1.82, 2.24) is 70.4 Å². The summed E-state index contributed by atoms with van der Waals surface area (Å²) in [5.41, 5.74) is 1.89. The molecule has 0 saturated carbocycles. The van der Waals surface area contributed by atoms with Crippen molar-refractivity contribution in [3.63, 3.8) is 0 Å². The van der Waals surface area contributed by atoms with Gasteiger partial charge in [-0.3, -0.25) is 57.6 Å². The van der Waals surface area contributed by atoms with Gasteiger partial charge >= 0.3 is 0 Å². The van der Waals surface area contributed by atoms with Gasteiger partial charge in [0.2, 0.25) is 65.0 Å². The van der Waals surface area contributed by atoms with Crippen LogP contribution in [-0.4, -0.2) is 274 Å². The number of aliphatic hydroxyl groups excluding tert-OH is 1. The number of aliphatic hydroxyl groups is 1. The molecule has 1 aromatic heterocycles. The molecule has 0 spiro atoms. The smallest absolute Gasteiger partial charge is 0.246 e. The molecular weight excluding hydrogens is 1330 g/mol. The molecule has 2 aromatic rings. The van der Waals surface area contributed by atoms with Crippen molar-refractivity contribution in [3.05, 3.63) is 30.6 Å². The van der Waals surface area contributed by atoms with E-state index in [1.165, 1.54) is 87.6 Å². The van der Waals surface area contributed by atoms with Crippen LogP contribution in [0.25, 0.3) is 11.0 Å². The van der Waals surface area contributed by atoms with Gasteiger partial charge < -0.3 is 75.1 Å². The van der Waals surface area contributed by atoms with E-state index >= 15 is 28.8 Å². The Morgan fingerprint density at radius 1 is 0.510 bits per heavy atom. The van der Waals surface area contributed by atoms with Gasteiger partial charge in [0.15, 0.2) is 0 Å². The first-order chi connectivity index (χ1) is 48.8. The van der Waals surface area contributed by atoms with Gasteiger partial charge in [-0.05, 0) is 133 Å². The normalized spacial score (nSPS) is 26.1. The van der Waals surface area contributed by atoms with Crippen molar-refractivity contribution in [2.24, 2.45) is 35.5 Å². The summed E-state index contributed by atoms with van der Waals surface area (Å²) in [7, 11) is 8.56. The zero-order valence-corrected chi connectivity index (χ0v) is 66.7. The van der Waals surface area contributed by atoms with E-state index in [0.29, 0.717) is 39.0 Å². The topological polar surface area (TPSA) is 327 Å². The largest absolute Gasteiger partial charge is 0.390 e. The van der Waals surface area contributed by atoms with Gasteiger partial charge in [-0.2, -0.15) is 0 Å². The maximum Gasteiger partial charge on any atom is 0.246 e. The summed E-state index contributed by atoms with van der Waals surface area (Å²) >= 11 is 0. The minimum Gasteiger partial charge on any atom is -0.390 e. The zero-order valence-electron chi connectivity index (χ0n) is 66.7. The van der Waals surface area contributed by atoms with Gasteiger partial charge in [0.05, 0.1) is 42.8 Å². The van der Waals surface area contributed by atoms with Crippen molar-refractivity contribution in [2.45, 2.75) is 260 Å². The number of rotatable bonds is 24. The number of ether oxygens (including phenoxy) is 2. The van der Waals surface area contributed by atoms with Crippen LogP contribution in [0, 0.1) is 35.5 Å². The molecule has 6 N–H and O–H groups in total. The number of amides is 11. The molecular formula is C76H130N14O14. The van der Waals surface area contributed by atoms with Crippen LogP contribution in [0.3, 0.4) is 0 Å². The Labute approximate surface area is 619 Å². The molecule has 0 aliphatic carbocycles. The van der Waals surface area contributed by atoms with Crippen LogP contribution in [0.4, 0.5) is 0 Å². The maximum absolute atomic E-state index is 15.3. The number of para-hydroxylation sites is 2. The van der Waals surface area contributed by atoms with Crippen molar-refractivity contribution in [3.8, 4) is 0 Å². The van der Waals surface area contributed by atoms with E-state index in [1.54, 1.807) is 54.8 Å². The molecule has 588 valence electrons. The summed E-state index contributed by atoms with van der Waals surface area (Å²) < 4.78 is 14.0. The van der Waals surface area contributed by atoms with Crippen molar-refractivity contribution in [1.29, 1.82) is 0 Å². The molecule has 104 heavy (non-hydrogen) atoms. The number of hydrogen-bond donors (Lipinski definition) is 6. The predicted octanol–water partition coefficient (Wildman–Crippen LogP) is 4.43. The average Bonchev–Trinajstić information content (AvgIpc) is 1.03. The second-order valence-corrected chi connectivity index (χ2v) is 31.1. The number of unbranched alkanes of at least 4 members (excludes halogenated alkanes) is 3. The second-order valence-electron chi connectivity index (χ2n) is 31.1. The highest BCUT2D eigenvalue weighted by Gasteiger charge is 2.45. The summed E-state index contributed by atoms with van der Waals surface area (Å²) in [5.74, 6) is -10.2. The van der Waals surface area contributed by atoms with E-state index in [2.05, 4.69) is 41.0 Å². The lowest BCUT2D eigenvalue weighted by atomic mass is 9.91. The Kier molecular flexibility index (Phi) is 36.1. The van der Waals surface area contributed by atoms with Crippen LogP contribution in [-0.2, 0) is 68.8 Å². The molecule has 2 saturated heterocycles. The van der Waals surface area contributed by atoms with Gasteiger partial charge in [-0.1, -0.05) is 108 Å². The maximum atomic E-state index is 15.3. The van der Waals surface area contributed by atoms with Gasteiger partial charge in [-0.15, -0.1) is 0 Å². The lowest BCUT2D eigenvalue weighted by Crippen LogP contribution is -2.64. The molecule has 0 radical (unpaired) electrons. The van der Waals surface area contributed by atoms with Gasteiger partial charge in [0.1, 0.15) is 66.5 Å². The second kappa shape index (κ2) is 42.1. The molecule has 28 nitrogen and oxygen atoms in total. The van der Waals surface area contributed by atoms with Crippen molar-refractivity contribution in [2.75, 3.05) is 81.7 Å². The molecule has 2 aliphatic rings.